The van der Waals surface area contributed by atoms with Crippen molar-refractivity contribution < 1.29 is 4.42 Å². The predicted molar refractivity (Wildman–Crippen MR) is 74.9 cm³/mol. The van der Waals surface area contributed by atoms with E-state index in [4.69, 9.17) is 4.42 Å². The summed E-state index contributed by atoms with van der Waals surface area (Å²) in [5, 5.41) is 3.43. The molecule has 1 aromatic heterocycles. The zero-order valence-electron chi connectivity index (χ0n) is 11.6. The lowest BCUT2D eigenvalue weighted by molar-refractivity contribution is 0.448. The maximum Gasteiger partial charge on any atom is 0.208 e. The molecule has 0 aliphatic heterocycles. The first-order valence-corrected chi connectivity index (χ1v) is 6.95. The van der Waals surface area contributed by atoms with E-state index in [9.17, 15) is 0 Å². The van der Waals surface area contributed by atoms with Crippen LogP contribution in [0.3, 0.4) is 0 Å². The van der Waals surface area contributed by atoms with Gasteiger partial charge in [0.15, 0.2) is 0 Å². The average Bonchev–Trinajstić information content (AvgIpc) is 3.18. The summed E-state index contributed by atoms with van der Waals surface area (Å²) in [6.45, 7) is 5.50. The van der Waals surface area contributed by atoms with Crippen LogP contribution in [0, 0.1) is 13.8 Å². The summed E-state index contributed by atoms with van der Waals surface area (Å²) >= 11 is 0. The molecule has 1 heterocycles. The Balaban J connectivity index is 1.60. The number of hydrogen-bond donors (Lipinski definition) is 1. The lowest BCUT2D eigenvalue weighted by Gasteiger charge is -2.08. The van der Waals surface area contributed by atoms with Crippen LogP contribution < -0.4 is 5.32 Å². The Morgan fingerprint density at radius 2 is 2.00 bits per heavy atom. The van der Waals surface area contributed by atoms with Gasteiger partial charge in [0.2, 0.25) is 5.89 Å². The quantitative estimate of drug-likeness (QED) is 0.890. The van der Waals surface area contributed by atoms with Gasteiger partial charge in [0, 0.05) is 6.54 Å². The molecule has 0 spiro atoms. The van der Waals surface area contributed by atoms with Crippen LogP contribution in [0.25, 0.3) is 0 Å². The van der Waals surface area contributed by atoms with Crippen molar-refractivity contribution in [2.45, 2.75) is 45.7 Å². The monoisotopic (exact) mass is 256 g/mol. The SMILES string of the molecule is Cc1nc(CNCc2ccccc2C2CC2)oc1C. The van der Waals surface area contributed by atoms with E-state index in [2.05, 4.69) is 34.6 Å². The number of benzene rings is 1. The van der Waals surface area contributed by atoms with E-state index in [0.29, 0.717) is 6.54 Å². The predicted octanol–water partition coefficient (Wildman–Crippen LogP) is 3.46. The van der Waals surface area contributed by atoms with Crippen LogP contribution in [0.15, 0.2) is 28.7 Å². The Bertz CT molecular complexity index is 550. The number of nitrogens with zero attached hydrogens (tertiary/aromatic N) is 1. The topological polar surface area (TPSA) is 38.1 Å². The third-order valence-corrected chi connectivity index (χ3v) is 3.74. The van der Waals surface area contributed by atoms with Crippen LogP contribution >= 0.6 is 0 Å². The van der Waals surface area contributed by atoms with Crippen molar-refractivity contribution in [2.24, 2.45) is 0 Å². The minimum atomic E-state index is 0.688. The molecular formula is C16H20N2O. The summed E-state index contributed by atoms with van der Waals surface area (Å²) < 4.78 is 5.57. The molecule has 0 bridgehead atoms. The minimum absolute atomic E-state index is 0.688. The molecule has 1 aliphatic rings. The van der Waals surface area contributed by atoms with E-state index in [1.807, 2.05) is 13.8 Å². The molecule has 3 nitrogen and oxygen atoms in total. The van der Waals surface area contributed by atoms with Gasteiger partial charge in [-0.05, 0) is 43.7 Å². The summed E-state index contributed by atoms with van der Waals surface area (Å²) in [4.78, 5) is 4.38. The first kappa shape index (κ1) is 12.4. The molecule has 0 radical (unpaired) electrons. The van der Waals surface area contributed by atoms with Gasteiger partial charge in [-0.15, -0.1) is 0 Å². The zero-order chi connectivity index (χ0) is 13.2. The number of nitrogens with one attached hydrogen (secondary N) is 1. The molecule has 1 saturated carbocycles. The highest BCUT2D eigenvalue weighted by molar-refractivity contribution is 5.33. The van der Waals surface area contributed by atoms with E-state index in [0.717, 1.165) is 29.8 Å². The van der Waals surface area contributed by atoms with E-state index < -0.39 is 0 Å². The molecule has 1 fully saturated rings. The fourth-order valence-electron chi connectivity index (χ4n) is 2.41. The lowest BCUT2D eigenvalue weighted by atomic mass is 10.0. The summed E-state index contributed by atoms with van der Waals surface area (Å²) in [6, 6.07) is 8.72. The van der Waals surface area contributed by atoms with Gasteiger partial charge in [-0.3, -0.25) is 0 Å². The average molecular weight is 256 g/mol. The zero-order valence-corrected chi connectivity index (χ0v) is 11.6. The smallest absolute Gasteiger partial charge is 0.208 e. The molecular weight excluding hydrogens is 236 g/mol. The van der Waals surface area contributed by atoms with Crippen LogP contribution in [-0.2, 0) is 13.1 Å². The summed E-state index contributed by atoms with van der Waals surface area (Å²) in [5.74, 6) is 2.48. The molecule has 1 aromatic carbocycles. The van der Waals surface area contributed by atoms with Crippen molar-refractivity contribution in [1.29, 1.82) is 0 Å². The van der Waals surface area contributed by atoms with Gasteiger partial charge in [0.05, 0.1) is 12.2 Å². The van der Waals surface area contributed by atoms with E-state index >= 15 is 0 Å². The molecule has 1 N–H and O–H groups in total. The Hall–Kier alpha value is -1.61. The molecule has 1 aliphatic carbocycles. The van der Waals surface area contributed by atoms with E-state index in [1.165, 1.54) is 24.0 Å². The highest BCUT2D eigenvalue weighted by Gasteiger charge is 2.25. The van der Waals surface area contributed by atoms with Crippen molar-refractivity contribution in [3.8, 4) is 0 Å². The van der Waals surface area contributed by atoms with Crippen LogP contribution in [0.4, 0.5) is 0 Å². The number of oxazole rings is 1. The second-order valence-electron chi connectivity index (χ2n) is 5.33. The summed E-state index contributed by atoms with van der Waals surface area (Å²) in [5.41, 5.74) is 3.90. The van der Waals surface area contributed by atoms with Crippen molar-refractivity contribution in [1.82, 2.24) is 10.3 Å². The first-order valence-electron chi connectivity index (χ1n) is 6.95. The van der Waals surface area contributed by atoms with Crippen LogP contribution in [0.5, 0.6) is 0 Å². The maximum atomic E-state index is 5.57. The van der Waals surface area contributed by atoms with Gasteiger partial charge in [0.1, 0.15) is 5.76 Å². The number of hydrogen-bond acceptors (Lipinski definition) is 3. The van der Waals surface area contributed by atoms with Gasteiger partial charge in [-0.25, -0.2) is 4.98 Å². The number of aromatic nitrogens is 1. The second kappa shape index (κ2) is 5.17. The van der Waals surface area contributed by atoms with Gasteiger partial charge >= 0.3 is 0 Å². The highest BCUT2D eigenvalue weighted by Crippen LogP contribution is 2.41. The molecule has 0 saturated heterocycles. The summed E-state index contributed by atoms with van der Waals surface area (Å²) in [6.07, 6.45) is 2.68. The van der Waals surface area contributed by atoms with Gasteiger partial charge in [-0.2, -0.15) is 0 Å². The van der Waals surface area contributed by atoms with Crippen LogP contribution in [0.1, 0.15) is 47.2 Å². The second-order valence-corrected chi connectivity index (χ2v) is 5.33. The van der Waals surface area contributed by atoms with Gasteiger partial charge in [-0.1, -0.05) is 24.3 Å². The fraction of sp³-hybridized carbons (Fsp3) is 0.438. The normalized spacial score (nSPS) is 14.8. The van der Waals surface area contributed by atoms with Gasteiger partial charge in [0.25, 0.3) is 0 Å². The molecule has 100 valence electrons. The Kier molecular flexibility index (Phi) is 3.38. The standard InChI is InChI=1S/C16H20N2O/c1-11-12(2)19-16(18-11)10-17-9-14-5-3-4-6-15(14)13-7-8-13/h3-6,13,17H,7-10H2,1-2H3. The van der Waals surface area contributed by atoms with E-state index in [1.54, 1.807) is 0 Å². The largest absolute Gasteiger partial charge is 0.444 e. The lowest BCUT2D eigenvalue weighted by Crippen LogP contribution is -2.14. The molecule has 19 heavy (non-hydrogen) atoms. The molecule has 3 heteroatoms. The Morgan fingerprint density at radius 1 is 1.21 bits per heavy atom. The van der Waals surface area contributed by atoms with Crippen LogP contribution in [0.2, 0.25) is 0 Å². The molecule has 3 rings (SSSR count). The first-order chi connectivity index (χ1) is 9.24. The molecule has 0 amide bonds. The van der Waals surface area contributed by atoms with Gasteiger partial charge < -0.3 is 9.73 Å². The fourth-order valence-corrected chi connectivity index (χ4v) is 2.41. The van der Waals surface area contributed by atoms with Crippen molar-refractivity contribution in [2.75, 3.05) is 0 Å². The highest BCUT2D eigenvalue weighted by atomic mass is 16.4. The molecule has 0 unspecified atom stereocenters. The third-order valence-electron chi connectivity index (χ3n) is 3.74. The molecule has 0 atom stereocenters. The van der Waals surface area contributed by atoms with Crippen molar-refractivity contribution >= 4 is 0 Å². The Morgan fingerprint density at radius 3 is 2.68 bits per heavy atom. The van der Waals surface area contributed by atoms with Crippen LogP contribution in [-0.4, -0.2) is 4.98 Å². The number of rotatable bonds is 5. The maximum absolute atomic E-state index is 5.57. The van der Waals surface area contributed by atoms with E-state index in [-0.39, 0.29) is 0 Å². The van der Waals surface area contributed by atoms with Crippen molar-refractivity contribution in [3.05, 3.63) is 52.7 Å². The third kappa shape index (κ3) is 2.87. The minimum Gasteiger partial charge on any atom is -0.444 e. The Labute approximate surface area is 114 Å². The molecule has 2 aromatic rings. The summed E-state index contributed by atoms with van der Waals surface area (Å²) in [7, 11) is 0. The number of aryl methyl sites for hydroxylation is 2. The van der Waals surface area contributed by atoms with Crippen molar-refractivity contribution in [3.63, 3.8) is 0 Å².